The van der Waals surface area contributed by atoms with E-state index in [0.717, 1.165) is 5.56 Å². The maximum atomic E-state index is 13.1. The summed E-state index contributed by atoms with van der Waals surface area (Å²) in [5.74, 6) is 1.82. The number of amides is 1. The molecule has 0 radical (unpaired) electrons. The Labute approximate surface area is 162 Å². The molecule has 0 fully saturated rings. The van der Waals surface area contributed by atoms with E-state index in [4.69, 9.17) is 15.9 Å². The Morgan fingerprint density at radius 1 is 1.11 bits per heavy atom. The first-order chi connectivity index (χ1) is 13.5. The molecule has 2 aromatic carbocycles. The maximum Gasteiger partial charge on any atom is 0.343 e. The number of rotatable bonds is 8. The second kappa shape index (κ2) is 9.97. The van der Waals surface area contributed by atoms with E-state index < -0.39 is 5.97 Å². The second-order valence-corrected chi connectivity index (χ2v) is 5.72. The molecule has 6 nitrogen and oxygen atoms in total. The molecule has 0 aliphatic heterocycles. The highest BCUT2D eigenvalue weighted by atomic mass is 19.1. The van der Waals surface area contributed by atoms with Gasteiger partial charge >= 0.3 is 5.97 Å². The van der Waals surface area contributed by atoms with Crippen LogP contribution >= 0.6 is 0 Å². The van der Waals surface area contributed by atoms with Crippen molar-refractivity contribution in [2.24, 2.45) is 0 Å². The first-order valence-corrected chi connectivity index (χ1v) is 8.33. The van der Waals surface area contributed by atoms with Gasteiger partial charge < -0.3 is 19.1 Å². The van der Waals surface area contributed by atoms with Gasteiger partial charge in [-0.3, -0.25) is 4.79 Å². The normalized spacial score (nSPS) is 9.93. The van der Waals surface area contributed by atoms with Crippen LogP contribution in [-0.4, -0.2) is 44.1 Å². The minimum atomic E-state index is -0.540. The van der Waals surface area contributed by atoms with Crippen LogP contribution in [0.5, 0.6) is 11.5 Å². The van der Waals surface area contributed by atoms with Crippen LogP contribution < -0.4 is 9.47 Å². The van der Waals surface area contributed by atoms with Gasteiger partial charge in [-0.2, -0.15) is 0 Å². The number of carbonyl (C=O) groups is 2. The van der Waals surface area contributed by atoms with Crippen LogP contribution in [0.25, 0.3) is 0 Å². The molecule has 0 bridgehead atoms. The molecule has 1 amide bonds. The fraction of sp³-hybridized carbons (Fsp3) is 0.238. The Morgan fingerprint density at radius 3 is 2.43 bits per heavy atom. The van der Waals surface area contributed by atoms with Crippen molar-refractivity contribution in [1.82, 2.24) is 4.90 Å². The van der Waals surface area contributed by atoms with Gasteiger partial charge in [-0.15, -0.1) is 6.42 Å². The van der Waals surface area contributed by atoms with Crippen molar-refractivity contribution in [2.75, 3.05) is 27.4 Å². The minimum absolute atomic E-state index is 0.0825. The van der Waals surface area contributed by atoms with Crippen molar-refractivity contribution in [2.45, 2.75) is 6.54 Å². The number of hydrogen-bond donors (Lipinski definition) is 0. The third-order valence-corrected chi connectivity index (χ3v) is 3.84. The molecule has 0 aromatic heterocycles. The molecule has 0 heterocycles. The van der Waals surface area contributed by atoms with Crippen LogP contribution in [0.1, 0.15) is 15.9 Å². The molecule has 0 aliphatic carbocycles. The summed E-state index contributed by atoms with van der Waals surface area (Å²) in [5, 5.41) is 0. The molecule has 7 heteroatoms. The van der Waals surface area contributed by atoms with Crippen LogP contribution in [0.4, 0.5) is 4.39 Å². The van der Waals surface area contributed by atoms with E-state index >= 15 is 0 Å². The molecule has 0 atom stereocenters. The first-order valence-electron chi connectivity index (χ1n) is 8.33. The van der Waals surface area contributed by atoms with Gasteiger partial charge in [-0.1, -0.05) is 18.1 Å². The third-order valence-electron chi connectivity index (χ3n) is 3.84. The monoisotopic (exact) mass is 385 g/mol. The summed E-state index contributed by atoms with van der Waals surface area (Å²) in [4.78, 5) is 25.6. The number of hydrogen-bond acceptors (Lipinski definition) is 5. The van der Waals surface area contributed by atoms with Crippen molar-refractivity contribution in [3.63, 3.8) is 0 Å². The Balaban J connectivity index is 2.20. The lowest BCUT2D eigenvalue weighted by molar-refractivity contribution is -0.142. The molecule has 146 valence electrons. The Morgan fingerprint density at radius 2 is 1.82 bits per heavy atom. The lowest BCUT2D eigenvalue weighted by Crippen LogP contribution is -2.31. The topological polar surface area (TPSA) is 65.1 Å². The van der Waals surface area contributed by atoms with Crippen molar-refractivity contribution >= 4 is 11.9 Å². The summed E-state index contributed by atoms with van der Waals surface area (Å²) >= 11 is 0. The predicted octanol–water partition coefficient (Wildman–Crippen LogP) is 2.66. The van der Waals surface area contributed by atoms with Gasteiger partial charge in [0, 0.05) is 12.1 Å². The van der Waals surface area contributed by atoms with Crippen LogP contribution in [-0.2, 0) is 16.1 Å². The molecule has 28 heavy (non-hydrogen) atoms. The predicted molar refractivity (Wildman–Crippen MR) is 100 cm³/mol. The van der Waals surface area contributed by atoms with E-state index in [9.17, 15) is 14.0 Å². The number of esters is 1. The zero-order valence-corrected chi connectivity index (χ0v) is 15.6. The van der Waals surface area contributed by atoms with Crippen molar-refractivity contribution in [3.8, 4) is 23.8 Å². The number of ether oxygens (including phenoxy) is 3. The fourth-order valence-electron chi connectivity index (χ4n) is 2.42. The number of methoxy groups -OCH3 is 2. The zero-order valence-electron chi connectivity index (χ0n) is 15.6. The first kappa shape index (κ1) is 20.8. The summed E-state index contributed by atoms with van der Waals surface area (Å²) in [6.07, 6.45) is 5.39. The number of carbonyl (C=O) groups excluding carboxylic acids is 2. The Kier molecular flexibility index (Phi) is 7.40. The molecule has 0 aliphatic rings. The molecule has 0 N–H and O–H groups in total. The minimum Gasteiger partial charge on any atom is -0.493 e. The van der Waals surface area contributed by atoms with Gasteiger partial charge in [0.25, 0.3) is 5.91 Å². The molecule has 0 spiro atoms. The van der Waals surface area contributed by atoms with Gasteiger partial charge in [0.05, 0.1) is 20.8 Å². The summed E-state index contributed by atoms with van der Waals surface area (Å²) in [6.45, 7) is 0.0271. The van der Waals surface area contributed by atoms with Crippen LogP contribution in [0.15, 0.2) is 42.5 Å². The van der Waals surface area contributed by atoms with E-state index in [1.165, 1.54) is 43.4 Å². The van der Waals surface area contributed by atoms with Gasteiger partial charge in [0.15, 0.2) is 18.1 Å². The van der Waals surface area contributed by atoms with E-state index in [0.29, 0.717) is 11.3 Å². The third kappa shape index (κ3) is 5.48. The Hall–Kier alpha value is -3.53. The van der Waals surface area contributed by atoms with Crippen LogP contribution in [0, 0.1) is 18.2 Å². The standard InChI is InChI=1S/C21H20FNO5/c1-4-11-23(13-15-5-8-17(22)9-6-15)21(25)16-7-10-18(19(12-16)26-2)28-14-20(24)27-3/h1,5-10,12H,11,13-14H2,2-3H3. The van der Waals surface area contributed by atoms with Crippen molar-refractivity contribution in [1.29, 1.82) is 0 Å². The lowest BCUT2D eigenvalue weighted by atomic mass is 10.1. The van der Waals surface area contributed by atoms with Gasteiger partial charge in [0.1, 0.15) is 5.82 Å². The molecule has 2 aromatic rings. The van der Waals surface area contributed by atoms with Crippen molar-refractivity contribution in [3.05, 3.63) is 59.4 Å². The average Bonchev–Trinajstić information content (AvgIpc) is 2.72. The lowest BCUT2D eigenvalue weighted by Gasteiger charge is -2.21. The van der Waals surface area contributed by atoms with Gasteiger partial charge in [0.2, 0.25) is 0 Å². The fourth-order valence-corrected chi connectivity index (χ4v) is 2.42. The number of benzene rings is 2. The van der Waals surface area contributed by atoms with Crippen LogP contribution in [0.3, 0.4) is 0 Å². The zero-order chi connectivity index (χ0) is 20.5. The highest BCUT2D eigenvalue weighted by Crippen LogP contribution is 2.28. The maximum absolute atomic E-state index is 13.1. The molecule has 0 saturated heterocycles. The highest BCUT2D eigenvalue weighted by Gasteiger charge is 2.18. The summed E-state index contributed by atoms with van der Waals surface area (Å²) < 4.78 is 28.2. The van der Waals surface area contributed by atoms with Crippen LogP contribution in [0.2, 0.25) is 0 Å². The molecule has 0 unspecified atom stereocenters. The smallest absolute Gasteiger partial charge is 0.343 e. The molecule has 0 saturated carbocycles. The van der Waals surface area contributed by atoms with E-state index in [-0.39, 0.29) is 37.2 Å². The highest BCUT2D eigenvalue weighted by molar-refractivity contribution is 5.95. The molecular weight excluding hydrogens is 365 g/mol. The van der Waals surface area contributed by atoms with Gasteiger partial charge in [-0.05, 0) is 35.9 Å². The SMILES string of the molecule is C#CCN(Cc1ccc(F)cc1)C(=O)c1ccc(OCC(=O)OC)c(OC)c1. The summed E-state index contributed by atoms with van der Waals surface area (Å²) in [6, 6.07) is 10.4. The van der Waals surface area contributed by atoms with E-state index in [1.807, 2.05) is 0 Å². The van der Waals surface area contributed by atoms with E-state index in [1.54, 1.807) is 18.2 Å². The number of nitrogens with zero attached hydrogens (tertiary/aromatic N) is 1. The number of halogens is 1. The second-order valence-electron chi connectivity index (χ2n) is 5.72. The average molecular weight is 385 g/mol. The summed E-state index contributed by atoms with van der Waals surface area (Å²) in [5.41, 5.74) is 1.08. The largest absolute Gasteiger partial charge is 0.493 e. The molecular formula is C21H20FNO5. The van der Waals surface area contributed by atoms with Gasteiger partial charge in [-0.25, -0.2) is 9.18 Å². The quantitative estimate of drug-likeness (QED) is 0.516. The molecule has 2 rings (SSSR count). The number of terminal acetylenes is 1. The summed E-state index contributed by atoms with van der Waals surface area (Å²) in [7, 11) is 2.68. The van der Waals surface area contributed by atoms with E-state index in [2.05, 4.69) is 10.7 Å². The Bertz CT molecular complexity index is 873. The van der Waals surface area contributed by atoms with Crippen molar-refractivity contribution < 1.29 is 28.2 Å².